The Hall–Kier alpha value is -0.321. The molecule has 0 aliphatic rings. The minimum atomic E-state index is -2.95. The Kier molecular flexibility index (Phi) is 4.68. The van der Waals surface area contributed by atoms with Gasteiger partial charge >= 0.3 is 113 Å². The van der Waals surface area contributed by atoms with E-state index in [-0.39, 0.29) is 5.43 Å². The van der Waals surface area contributed by atoms with Crippen LogP contribution in [0, 0.1) is 0 Å². The quantitative estimate of drug-likeness (QED) is 0.598. The van der Waals surface area contributed by atoms with Gasteiger partial charge in [0.2, 0.25) is 0 Å². The van der Waals surface area contributed by atoms with Crippen LogP contribution >= 0.6 is 0 Å². The zero-order valence-corrected chi connectivity index (χ0v) is 15.3. The molecule has 1 aromatic rings. The summed E-state index contributed by atoms with van der Waals surface area (Å²) in [4.78, 5) is 23.7. The molecule has 0 radical (unpaired) electrons. The van der Waals surface area contributed by atoms with Crippen molar-refractivity contribution >= 4 is 22.0 Å². The Morgan fingerprint density at radius 2 is 1.22 bits per heavy atom. The van der Waals surface area contributed by atoms with E-state index in [1.54, 1.807) is 0 Å². The van der Waals surface area contributed by atoms with Crippen LogP contribution in [0.15, 0.2) is 9.59 Å². The maximum atomic E-state index is 12.1. The van der Waals surface area contributed by atoms with Crippen molar-refractivity contribution in [3.63, 3.8) is 0 Å². The molecule has 0 atom stereocenters. The summed E-state index contributed by atoms with van der Waals surface area (Å²) >= 11 is -2.95. The van der Waals surface area contributed by atoms with Gasteiger partial charge < -0.3 is 0 Å². The summed E-state index contributed by atoms with van der Waals surface area (Å²) in [6, 6.07) is 0. The monoisotopic (exact) mass is 360 g/mol. The Morgan fingerprint density at radius 1 is 0.833 bits per heavy atom. The van der Waals surface area contributed by atoms with Crippen molar-refractivity contribution < 1.29 is 4.74 Å². The fraction of sp³-hybridized carbons (Fsp3) is 0.714. The molecule has 0 heterocycles. The summed E-state index contributed by atoms with van der Waals surface area (Å²) in [5.41, 5.74) is -0.686. The SMILES string of the molecule is COc1[c]([Sn]([CH](C)C)([CH](C)C)[CH](C)C)c(=O)c1=O. The molecule has 102 valence electrons. The molecule has 1 aromatic carbocycles. The third-order valence-corrected chi connectivity index (χ3v) is 24.5. The van der Waals surface area contributed by atoms with E-state index >= 15 is 0 Å². The van der Waals surface area contributed by atoms with Crippen LogP contribution in [0.2, 0.25) is 11.8 Å². The van der Waals surface area contributed by atoms with Gasteiger partial charge in [0, 0.05) is 0 Å². The van der Waals surface area contributed by atoms with Crippen LogP contribution in [-0.2, 0) is 0 Å². The summed E-state index contributed by atoms with van der Waals surface area (Å²) in [6.07, 6.45) is 0. The second-order valence-corrected chi connectivity index (χ2v) is 22.6. The van der Waals surface area contributed by atoms with Crippen molar-refractivity contribution in [3.8, 4) is 5.75 Å². The minimum absolute atomic E-state index is 0.265. The van der Waals surface area contributed by atoms with Crippen molar-refractivity contribution in [3.05, 3.63) is 20.4 Å². The van der Waals surface area contributed by atoms with Crippen molar-refractivity contribution in [2.24, 2.45) is 0 Å². The molecule has 3 nitrogen and oxygen atoms in total. The summed E-state index contributed by atoms with van der Waals surface area (Å²) in [5.74, 6) is 0.368. The van der Waals surface area contributed by atoms with Crippen LogP contribution in [0.1, 0.15) is 41.5 Å². The van der Waals surface area contributed by atoms with E-state index in [9.17, 15) is 9.59 Å². The van der Waals surface area contributed by atoms with Crippen LogP contribution in [-0.4, -0.2) is 25.5 Å². The number of hydrogen-bond donors (Lipinski definition) is 0. The van der Waals surface area contributed by atoms with Gasteiger partial charge in [-0.25, -0.2) is 0 Å². The third kappa shape index (κ3) is 1.94. The average molecular weight is 359 g/mol. The van der Waals surface area contributed by atoms with Gasteiger partial charge in [-0.2, -0.15) is 0 Å². The molecule has 0 fully saturated rings. The standard InChI is InChI=1S/C5H3O3.3C3H7.Sn/c1-8-4-2-3(6)5(4)7;3*1-3-2;/h1H3;3*3H,1-2H3;. The van der Waals surface area contributed by atoms with Gasteiger partial charge in [-0.05, 0) is 0 Å². The van der Waals surface area contributed by atoms with E-state index in [0.29, 0.717) is 17.6 Å². The van der Waals surface area contributed by atoms with E-state index in [0.717, 1.165) is 3.58 Å². The first-order chi connectivity index (χ1) is 8.22. The molecule has 0 N–H and O–H groups in total. The number of hydrogen-bond acceptors (Lipinski definition) is 3. The summed E-state index contributed by atoms with van der Waals surface area (Å²) in [6.45, 7) is 13.2. The van der Waals surface area contributed by atoms with E-state index in [1.165, 1.54) is 7.11 Å². The van der Waals surface area contributed by atoms with Gasteiger partial charge in [0.05, 0.1) is 0 Å². The van der Waals surface area contributed by atoms with Crippen LogP contribution < -0.4 is 19.2 Å². The molecule has 0 unspecified atom stereocenters. The molecule has 0 aromatic heterocycles. The molecule has 0 saturated carbocycles. The summed E-state index contributed by atoms with van der Waals surface area (Å²) < 4.78 is 7.46. The number of rotatable bonds is 5. The van der Waals surface area contributed by atoms with Gasteiger partial charge in [0.1, 0.15) is 0 Å². The second-order valence-electron chi connectivity index (χ2n) is 5.96. The molecule has 1 rings (SSSR count). The fourth-order valence-corrected chi connectivity index (χ4v) is 23.4. The average Bonchev–Trinajstić information content (AvgIpc) is 2.26. The van der Waals surface area contributed by atoms with Gasteiger partial charge in [-0.3, -0.25) is 0 Å². The first-order valence-electron chi connectivity index (χ1n) is 6.60. The molecule has 0 bridgehead atoms. The van der Waals surface area contributed by atoms with Crippen molar-refractivity contribution in [1.82, 2.24) is 0 Å². The van der Waals surface area contributed by atoms with Crippen LogP contribution in [0.25, 0.3) is 0 Å². The molecule has 0 spiro atoms. The predicted molar refractivity (Wildman–Crippen MR) is 78.6 cm³/mol. The molecule has 0 aliphatic carbocycles. The van der Waals surface area contributed by atoms with Crippen LogP contribution in [0.3, 0.4) is 0 Å². The van der Waals surface area contributed by atoms with Crippen molar-refractivity contribution in [2.45, 2.75) is 53.3 Å². The molecule has 18 heavy (non-hydrogen) atoms. The van der Waals surface area contributed by atoms with Gasteiger partial charge in [-0.1, -0.05) is 0 Å². The third-order valence-electron chi connectivity index (χ3n) is 4.37. The first kappa shape index (κ1) is 15.7. The molecular formula is C14H24O3Sn. The Bertz CT molecular complexity index is 471. The topological polar surface area (TPSA) is 43.4 Å². The molecular weight excluding hydrogens is 335 g/mol. The Morgan fingerprint density at radius 3 is 1.50 bits per heavy atom. The first-order valence-corrected chi connectivity index (χ1v) is 13.0. The summed E-state index contributed by atoms with van der Waals surface area (Å²) in [5, 5.41) is 0. The maximum absolute atomic E-state index is 12.1. The molecule has 0 aliphatic heterocycles. The van der Waals surface area contributed by atoms with Crippen molar-refractivity contribution in [2.75, 3.05) is 7.11 Å². The zero-order chi connectivity index (χ0) is 14.2. The second kappa shape index (κ2) is 5.35. The van der Waals surface area contributed by atoms with E-state index in [2.05, 4.69) is 41.5 Å². The van der Waals surface area contributed by atoms with Crippen molar-refractivity contribution in [1.29, 1.82) is 0 Å². The van der Waals surface area contributed by atoms with E-state index in [1.807, 2.05) is 0 Å². The van der Waals surface area contributed by atoms with Gasteiger partial charge in [0.15, 0.2) is 0 Å². The van der Waals surface area contributed by atoms with Gasteiger partial charge in [-0.15, -0.1) is 0 Å². The molecule has 0 saturated heterocycles. The Labute approximate surface area is 113 Å². The molecule has 0 amide bonds. The van der Waals surface area contributed by atoms with E-state index in [4.69, 9.17) is 4.74 Å². The zero-order valence-electron chi connectivity index (χ0n) is 12.5. The predicted octanol–water partition coefficient (Wildman–Crippen LogP) is 2.18. The van der Waals surface area contributed by atoms with Gasteiger partial charge in [0.25, 0.3) is 0 Å². The summed E-state index contributed by atoms with van der Waals surface area (Å²) in [7, 11) is 1.50. The van der Waals surface area contributed by atoms with Crippen LogP contribution in [0.4, 0.5) is 0 Å². The number of methoxy groups -OCH3 is 1. The Balaban J connectivity index is 3.59. The number of ether oxygens (including phenoxy) is 1. The molecule has 4 heteroatoms. The van der Waals surface area contributed by atoms with Crippen LogP contribution in [0.5, 0.6) is 5.75 Å². The fourth-order valence-electron chi connectivity index (χ4n) is 3.82. The van der Waals surface area contributed by atoms with E-state index < -0.39 is 23.8 Å². The normalized spacial score (nSPS) is 13.0.